The second kappa shape index (κ2) is 6.85. The van der Waals surface area contributed by atoms with Crippen LogP contribution in [0.4, 0.5) is 26.3 Å². The van der Waals surface area contributed by atoms with Gasteiger partial charge in [0.25, 0.3) is 0 Å². The Kier molecular flexibility index (Phi) is 5.71. The van der Waals surface area contributed by atoms with E-state index in [2.05, 4.69) is 0 Å². The Morgan fingerprint density at radius 1 is 0.550 bits per heavy atom. The van der Waals surface area contributed by atoms with E-state index in [1.54, 1.807) is 0 Å². The monoisotopic (exact) mass is 332 g/mol. The van der Waals surface area contributed by atoms with E-state index < -0.39 is 44.9 Å². The van der Waals surface area contributed by atoms with Gasteiger partial charge in [-0.1, -0.05) is 23.2 Å². The summed E-state index contributed by atoms with van der Waals surface area (Å²) >= 11 is 10.1. The number of rotatable bonds is 0. The molecular formula is C12H4Cl2F6. The van der Waals surface area contributed by atoms with Crippen molar-refractivity contribution >= 4 is 23.2 Å². The smallest absolute Gasteiger partial charge is 0.166 e. The summed E-state index contributed by atoms with van der Waals surface area (Å²) in [5.74, 6) is -6.28. The standard InChI is InChI=1S/C6HCl2F3.C6H3F3/c7-4-2(9)1-3(10)5(8)6(4)11;7-4-1-5(8)3-6(9)2-4/h1H;1-3H. The van der Waals surface area contributed by atoms with E-state index in [0.717, 1.165) is 0 Å². The molecule has 0 aliphatic rings. The Labute approximate surface area is 119 Å². The lowest BCUT2D eigenvalue weighted by Gasteiger charge is -1.98. The maximum Gasteiger partial charge on any atom is 0.166 e. The first-order valence-corrected chi connectivity index (χ1v) is 5.58. The minimum absolute atomic E-state index is 0.424. The van der Waals surface area contributed by atoms with Crippen molar-refractivity contribution < 1.29 is 26.3 Å². The molecule has 0 atom stereocenters. The third-order valence-corrected chi connectivity index (χ3v) is 2.58. The van der Waals surface area contributed by atoms with Gasteiger partial charge in [-0.05, 0) is 0 Å². The van der Waals surface area contributed by atoms with Crippen LogP contribution < -0.4 is 0 Å². The average Bonchev–Trinajstić information content (AvgIpc) is 2.33. The molecule has 0 amide bonds. The van der Waals surface area contributed by atoms with E-state index in [0.29, 0.717) is 24.3 Å². The van der Waals surface area contributed by atoms with Crippen molar-refractivity contribution in [2.24, 2.45) is 0 Å². The summed E-state index contributed by atoms with van der Waals surface area (Å²) < 4.78 is 73.1. The molecular weight excluding hydrogens is 329 g/mol. The number of hydrogen-bond acceptors (Lipinski definition) is 0. The maximum absolute atomic E-state index is 12.5. The molecule has 0 fully saturated rings. The van der Waals surface area contributed by atoms with E-state index in [4.69, 9.17) is 23.2 Å². The van der Waals surface area contributed by atoms with Gasteiger partial charge in [0.2, 0.25) is 0 Å². The second-order valence-corrected chi connectivity index (χ2v) is 4.13. The summed E-state index contributed by atoms with van der Waals surface area (Å²) in [5.41, 5.74) is 0. The third-order valence-electron chi connectivity index (χ3n) is 1.89. The van der Waals surface area contributed by atoms with Gasteiger partial charge in [-0.2, -0.15) is 0 Å². The minimum Gasteiger partial charge on any atom is -0.207 e. The molecule has 0 heterocycles. The lowest BCUT2D eigenvalue weighted by atomic mass is 10.3. The van der Waals surface area contributed by atoms with Crippen LogP contribution >= 0.6 is 23.2 Å². The first-order valence-electron chi connectivity index (χ1n) is 4.82. The summed E-state index contributed by atoms with van der Waals surface area (Å²) in [5, 5.41) is -1.59. The maximum atomic E-state index is 12.5. The first kappa shape index (κ1) is 16.7. The van der Waals surface area contributed by atoms with Crippen LogP contribution in [0.15, 0.2) is 24.3 Å². The molecule has 0 saturated carbocycles. The fraction of sp³-hybridized carbons (Fsp3) is 0. The van der Waals surface area contributed by atoms with Crippen molar-refractivity contribution in [1.82, 2.24) is 0 Å². The Morgan fingerprint density at radius 2 is 0.850 bits per heavy atom. The summed E-state index contributed by atoms with van der Waals surface area (Å²) in [7, 11) is 0. The molecule has 2 aromatic rings. The molecule has 2 rings (SSSR count). The summed E-state index contributed by atoms with van der Waals surface area (Å²) in [6, 6.07) is 2.27. The average molecular weight is 333 g/mol. The van der Waals surface area contributed by atoms with Crippen LogP contribution in [0.3, 0.4) is 0 Å². The van der Waals surface area contributed by atoms with Crippen molar-refractivity contribution in [3.63, 3.8) is 0 Å². The van der Waals surface area contributed by atoms with E-state index in [-0.39, 0.29) is 0 Å². The van der Waals surface area contributed by atoms with Gasteiger partial charge in [-0.25, -0.2) is 26.3 Å². The highest BCUT2D eigenvalue weighted by Crippen LogP contribution is 2.27. The number of halogens is 8. The highest BCUT2D eigenvalue weighted by Gasteiger charge is 2.15. The fourth-order valence-electron chi connectivity index (χ4n) is 1.06. The minimum atomic E-state index is -1.27. The molecule has 0 aromatic heterocycles. The van der Waals surface area contributed by atoms with Crippen molar-refractivity contribution in [2.45, 2.75) is 0 Å². The highest BCUT2D eigenvalue weighted by atomic mass is 35.5. The van der Waals surface area contributed by atoms with Gasteiger partial charge in [0.1, 0.15) is 39.1 Å². The van der Waals surface area contributed by atoms with Crippen molar-refractivity contribution in [1.29, 1.82) is 0 Å². The van der Waals surface area contributed by atoms with Crippen LogP contribution in [0.5, 0.6) is 0 Å². The van der Waals surface area contributed by atoms with E-state index in [1.807, 2.05) is 0 Å². The third kappa shape index (κ3) is 4.31. The molecule has 0 unspecified atom stereocenters. The zero-order valence-corrected chi connectivity index (χ0v) is 10.8. The lowest BCUT2D eigenvalue weighted by Crippen LogP contribution is -1.89. The van der Waals surface area contributed by atoms with Crippen LogP contribution in [0.25, 0.3) is 0 Å². The quantitative estimate of drug-likeness (QED) is 0.339. The van der Waals surface area contributed by atoms with Gasteiger partial charge in [-0.15, -0.1) is 0 Å². The molecule has 0 aliphatic heterocycles. The lowest BCUT2D eigenvalue weighted by molar-refractivity contribution is 0.542. The zero-order valence-electron chi connectivity index (χ0n) is 9.33. The van der Waals surface area contributed by atoms with Gasteiger partial charge < -0.3 is 0 Å². The van der Waals surface area contributed by atoms with E-state index in [1.165, 1.54) is 0 Å². The van der Waals surface area contributed by atoms with Crippen LogP contribution in [0, 0.1) is 34.9 Å². The predicted octanol–water partition coefficient (Wildman–Crippen LogP) is 5.51. The SMILES string of the molecule is Fc1cc(F)c(Cl)c(F)c1Cl.Fc1cc(F)cc(F)c1. The summed E-state index contributed by atoms with van der Waals surface area (Å²) in [4.78, 5) is 0. The Morgan fingerprint density at radius 3 is 1.15 bits per heavy atom. The van der Waals surface area contributed by atoms with Crippen LogP contribution in [0.1, 0.15) is 0 Å². The molecule has 0 radical (unpaired) electrons. The largest absolute Gasteiger partial charge is 0.207 e. The molecule has 0 nitrogen and oxygen atoms in total. The van der Waals surface area contributed by atoms with Gasteiger partial charge >= 0.3 is 0 Å². The molecule has 0 spiro atoms. The molecule has 2 aromatic carbocycles. The molecule has 108 valence electrons. The normalized spacial score (nSPS) is 10.0. The molecule has 20 heavy (non-hydrogen) atoms. The predicted molar refractivity (Wildman–Crippen MR) is 62.7 cm³/mol. The Balaban J connectivity index is 0.000000204. The van der Waals surface area contributed by atoms with Crippen LogP contribution in [-0.4, -0.2) is 0 Å². The Bertz CT molecular complexity index is 553. The van der Waals surface area contributed by atoms with Crippen LogP contribution in [0.2, 0.25) is 10.0 Å². The van der Waals surface area contributed by atoms with Crippen molar-refractivity contribution in [3.05, 3.63) is 69.2 Å². The molecule has 0 aliphatic carbocycles. The van der Waals surface area contributed by atoms with Gasteiger partial charge in [0, 0.05) is 24.3 Å². The summed E-state index contributed by atoms with van der Waals surface area (Å²) in [6.45, 7) is 0. The Hall–Kier alpha value is -1.40. The molecule has 0 N–H and O–H groups in total. The molecule has 0 saturated heterocycles. The highest BCUT2D eigenvalue weighted by molar-refractivity contribution is 6.35. The van der Waals surface area contributed by atoms with Gasteiger partial charge in [0.05, 0.1) is 0 Å². The topological polar surface area (TPSA) is 0 Å². The molecule has 0 bridgehead atoms. The molecule has 8 heteroatoms. The van der Waals surface area contributed by atoms with Crippen molar-refractivity contribution in [2.75, 3.05) is 0 Å². The van der Waals surface area contributed by atoms with E-state index >= 15 is 0 Å². The number of hydrogen-bond donors (Lipinski definition) is 0. The van der Waals surface area contributed by atoms with Gasteiger partial charge in [-0.3, -0.25) is 0 Å². The zero-order chi connectivity index (χ0) is 15.4. The number of benzene rings is 2. The van der Waals surface area contributed by atoms with Crippen molar-refractivity contribution in [3.8, 4) is 0 Å². The van der Waals surface area contributed by atoms with E-state index in [9.17, 15) is 26.3 Å². The van der Waals surface area contributed by atoms with Gasteiger partial charge in [0.15, 0.2) is 5.82 Å². The second-order valence-electron chi connectivity index (χ2n) is 3.37. The fourth-order valence-corrected chi connectivity index (χ4v) is 1.41. The van der Waals surface area contributed by atoms with Crippen LogP contribution in [-0.2, 0) is 0 Å². The summed E-state index contributed by atoms with van der Waals surface area (Å²) in [6.07, 6.45) is 0. The first-order chi connectivity index (χ1) is 9.22.